The van der Waals surface area contributed by atoms with E-state index in [-0.39, 0.29) is 0 Å². The molecule has 1 aliphatic carbocycles. The van der Waals surface area contributed by atoms with Crippen LogP contribution >= 0.6 is 0 Å². The first kappa shape index (κ1) is 17.6. The SMILES string of the molecule is CCNC(=NCCC(CC)N1CCCC1=O)N1CCC2(CCC2)C1. The van der Waals surface area contributed by atoms with Gasteiger partial charge in [-0.15, -0.1) is 0 Å². The number of nitrogens with one attached hydrogen (secondary N) is 1. The normalized spacial score (nSPS) is 24.6. The van der Waals surface area contributed by atoms with Gasteiger partial charge in [0.05, 0.1) is 0 Å². The van der Waals surface area contributed by atoms with Gasteiger partial charge in [0.2, 0.25) is 5.91 Å². The van der Waals surface area contributed by atoms with Crippen LogP contribution in [0.1, 0.15) is 65.2 Å². The van der Waals surface area contributed by atoms with Crippen molar-refractivity contribution in [2.24, 2.45) is 10.4 Å². The molecular formula is C19H34N4O. The Balaban J connectivity index is 1.54. The molecule has 2 aliphatic heterocycles. The van der Waals surface area contributed by atoms with E-state index in [9.17, 15) is 4.79 Å². The molecule has 3 rings (SSSR count). The zero-order chi connectivity index (χ0) is 17.0. The maximum atomic E-state index is 12.0. The quantitative estimate of drug-likeness (QED) is 0.600. The van der Waals surface area contributed by atoms with Crippen molar-refractivity contribution in [3.8, 4) is 0 Å². The van der Waals surface area contributed by atoms with Gasteiger partial charge in [-0.2, -0.15) is 0 Å². The van der Waals surface area contributed by atoms with Crippen LogP contribution in [0.15, 0.2) is 4.99 Å². The smallest absolute Gasteiger partial charge is 0.222 e. The van der Waals surface area contributed by atoms with E-state index in [0.29, 0.717) is 17.4 Å². The predicted molar refractivity (Wildman–Crippen MR) is 98.1 cm³/mol. The number of likely N-dealkylation sites (tertiary alicyclic amines) is 2. The minimum absolute atomic E-state index is 0.337. The molecular weight excluding hydrogens is 300 g/mol. The van der Waals surface area contributed by atoms with Gasteiger partial charge in [0.1, 0.15) is 0 Å². The molecule has 24 heavy (non-hydrogen) atoms. The highest BCUT2D eigenvalue weighted by Gasteiger charge is 2.43. The summed E-state index contributed by atoms with van der Waals surface area (Å²) in [7, 11) is 0. The molecule has 1 amide bonds. The molecule has 2 heterocycles. The van der Waals surface area contributed by atoms with E-state index in [0.717, 1.165) is 57.8 Å². The number of guanidine groups is 1. The van der Waals surface area contributed by atoms with Gasteiger partial charge in [0, 0.05) is 45.2 Å². The average Bonchev–Trinajstić information content (AvgIpc) is 3.17. The fourth-order valence-corrected chi connectivity index (χ4v) is 4.58. The number of carbonyl (C=O) groups is 1. The Morgan fingerprint density at radius 3 is 2.62 bits per heavy atom. The van der Waals surface area contributed by atoms with E-state index in [1.54, 1.807) is 0 Å². The van der Waals surface area contributed by atoms with Crippen molar-refractivity contribution < 1.29 is 4.79 Å². The summed E-state index contributed by atoms with van der Waals surface area (Å²) in [4.78, 5) is 21.4. The molecule has 3 aliphatic rings. The molecule has 0 aromatic rings. The van der Waals surface area contributed by atoms with Gasteiger partial charge in [-0.25, -0.2) is 0 Å². The molecule has 5 heteroatoms. The first-order valence-corrected chi connectivity index (χ1v) is 10.0. The summed E-state index contributed by atoms with van der Waals surface area (Å²) in [6, 6.07) is 0.364. The molecule has 3 fully saturated rings. The molecule has 0 radical (unpaired) electrons. The summed E-state index contributed by atoms with van der Waals surface area (Å²) in [5.74, 6) is 1.42. The fraction of sp³-hybridized carbons (Fsp3) is 0.895. The van der Waals surface area contributed by atoms with Crippen LogP contribution in [0.3, 0.4) is 0 Å². The molecule has 2 saturated heterocycles. The second-order valence-corrected chi connectivity index (χ2v) is 7.80. The third-order valence-corrected chi connectivity index (χ3v) is 6.23. The summed E-state index contributed by atoms with van der Waals surface area (Å²) >= 11 is 0. The minimum Gasteiger partial charge on any atom is -0.357 e. The zero-order valence-electron chi connectivity index (χ0n) is 15.5. The lowest BCUT2D eigenvalue weighted by atomic mass is 9.68. The Morgan fingerprint density at radius 1 is 1.25 bits per heavy atom. The van der Waals surface area contributed by atoms with Crippen molar-refractivity contribution in [1.82, 2.24) is 15.1 Å². The molecule has 5 nitrogen and oxygen atoms in total. The molecule has 0 aromatic heterocycles. The standard InChI is InChI=1S/C19H34N4O/c1-3-16(23-13-5-7-17(23)24)8-12-21-18(20-4-2)22-14-11-19(15-22)9-6-10-19/h16H,3-15H2,1-2H3,(H,20,21). The summed E-state index contributed by atoms with van der Waals surface area (Å²) in [5.41, 5.74) is 0.601. The Kier molecular flexibility index (Phi) is 5.67. The Bertz CT molecular complexity index is 472. The third kappa shape index (κ3) is 3.70. The summed E-state index contributed by atoms with van der Waals surface area (Å²) in [6.07, 6.45) is 9.31. The van der Waals surface area contributed by atoms with Gasteiger partial charge in [0.25, 0.3) is 0 Å². The number of nitrogens with zero attached hydrogens (tertiary/aromatic N) is 3. The molecule has 1 spiro atoms. The lowest BCUT2D eigenvalue weighted by molar-refractivity contribution is -0.129. The zero-order valence-corrected chi connectivity index (χ0v) is 15.5. The average molecular weight is 335 g/mol. The second kappa shape index (κ2) is 7.75. The Labute approximate surface area is 146 Å². The molecule has 1 unspecified atom stereocenters. The lowest BCUT2D eigenvalue weighted by Gasteiger charge is -2.38. The first-order chi connectivity index (χ1) is 11.7. The van der Waals surface area contributed by atoms with Crippen molar-refractivity contribution >= 4 is 11.9 Å². The van der Waals surface area contributed by atoms with Gasteiger partial charge in [-0.3, -0.25) is 9.79 Å². The van der Waals surface area contributed by atoms with Crippen LogP contribution in [-0.4, -0.2) is 60.4 Å². The van der Waals surface area contributed by atoms with E-state index in [2.05, 4.69) is 29.0 Å². The maximum Gasteiger partial charge on any atom is 0.222 e. The second-order valence-electron chi connectivity index (χ2n) is 7.80. The highest BCUT2D eigenvalue weighted by atomic mass is 16.2. The number of amides is 1. The number of rotatable bonds is 6. The predicted octanol–water partition coefficient (Wildman–Crippen LogP) is 2.62. The molecule has 0 bridgehead atoms. The van der Waals surface area contributed by atoms with Crippen LogP contribution < -0.4 is 5.32 Å². The monoisotopic (exact) mass is 334 g/mol. The molecule has 1 saturated carbocycles. The highest BCUT2D eigenvalue weighted by molar-refractivity contribution is 5.80. The summed E-state index contributed by atoms with van der Waals surface area (Å²) in [6.45, 7) is 9.33. The Morgan fingerprint density at radius 2 is 2.08 bits per heavy atom. The van der Waals surface area contributed by atoms with E-state index in [1.807, 2.05) is 0 Å². The number of hydrogen-bond donors (Lipinski definition) is 1. The van der Waals surface area contributed by atoms with Gasteiger partial charge in [-0.05, 0) is 50.9 Å². The van der Waals surface area contributed by atoms with E-state index >= 15 is 0 Å². The molecule has 136 valence electrons. The number of hydrogen-bond acceptors (Lipinski definition) is 2. The van der Waals surface area contributed by atoms with Crippen LogP contribution in [0.2, 0.25) is 0 Å². The largest absolute Gasteiger partial charge is 0.357 e. The summed E-state index contributed by atoms with van der Waals surface area (Å²) in [5, 5.41) is 3.48. The van der Waals surface area contributed by atoms with Gasteiger partial charge < -0.3 is 15.1 Å². The van der Waals surface area contributed by atoms with Gasteiger partial charge in [-0.1, -0.05) is 13.3 Å². The highest BCUT2D eigenvalue weighted by Crippen LogP contribution is 2.47. The van der Waals surface area contributed by atoms with Crippen LogP contribution in [-0.2, 0) is 4.79 Å². The molecule has 1 atom stereocenters. The van der Waals surface area contributed by atoms with Crippen molar-refractivity contribution in [1.29, 1.82) is 0 Å². The van der Waals surface area contributed by atoms with Crippen molar-refractivity contribution in [2.45, 2.75) is 71.3 Å². The van der Waals surface area contributed by atoms with Crippen LogP contribution in [0.4, 0.5) is 0 Å². The van der Waals surface area contributed by atoms with Crippen molar-refractivity contribution in [2.75, 3.05) is 32.7 Å². The number of carbonyl (C=O) groups excluding carboxylic acids is 1. The van der Waals surface area contributed by atoms with Crippen LogP contribution in [0.5, 0.6) is 0 Å². The molecule has 1 N–H and O–H groups in total. The Hall–Kier alpha value is -1.26. The van der Waals surface area contributed by atoms with E-state index in [1.165, 1.54) is 32.2 Å². The first-order valence-electron chi connectivity index (χ1n) is 10.0. The third-order valence-electron chi connectivity index (χ3n) is 6.23. The summed E-state index contributed by atoms with van der Waals surface area (Å²) < 4.78 is 0. The fourth-order valence-electron chi connectivity index (χ4n) is 4.58. The van der Waals surface area contributed by atoms with Gasteiger partial charge in [0.15, 0.2) is 5.96 Å². The van der Waals surface area contributed by atoms with Crippen molar-refractivity contribution in [3.63, 3.8) is 0 Å². The lowest BCUT2D eigenvalue weighted by Crippen LogP contribution is -2.43. The van der Waals surface area contributed by atoms with E-state index in [4.69, 9.17) is 4.99 Å². The van der Waals surface area contributed by atoms with Crippen LogP contribution in [0.25, 0.3) is 0 Å². The van der Waals surface area contributed by atoms with Crippen molar-refractivity contribution in [3.05, 3.63) is 0 Å². The number of aliphatic imine (C=N–C) groups is 1. The topological polar surface area (TPSA) is 47.9 Å². The molecule has 0 aromatic carbocycles. The maximum absolute atomic E-state index is 12.0. The van der Waals surface area contributed by atoms with E-state index < -0.39 is 0 Å². The van der Waals surface area contributed by atoms with Gasteiger partial charge >= 0.3 is 0 Å². The van der Waals surface area contributed by atoms with Crippen LogP contribution in [0, 0.1) is 5.41 Å². The minimum atomic E-state index is 0.337.